The van der Waals surface area contributed by atoms with Crippen LogP contribution in [-0.4, -0.2) is 41.7 Å². The smallest absolute Gasteiger partial charge is 0.183 e. The number of hydrogen-bond acceptors (Lipinski definition) is 4. The number of benzene rings is 1. The molecule has 0 aliphatic carbocycles. The van der Waals surface area contributed by atoms with Crippen LogP contribution in [0, 0.1) is 0 Å². The average molecular weight is 303 g/mol. The number of Topliss-reactive ketones (excluding diaryl/α,β-unsaturated/α-hetero) is 1. The van der Waals surface area contributed by atoms with E-state index in [0.29, 0.717) is 22.2 Å². The largest absolute Gasteiger partial charge is 0.342 e. The minimum atomic E-state index is -0.0136. The van der Waals surface area contributed by atoms with E-state index in [9.17, 15) is 4.79 Å². The molecule has 0 N–H and O–H groups in total. The summed E-state index contributed by atoms with van der Waals surface area (Å²) in [6.07, 6.45) is 1.96. The molecule has 3 nitrogen and oxygen atoms in total. The molecule has 0 bridgehead atoms. The number of nitrogens with zero attached hydrogens (tertiary/aromatic N) is 2. The summed E-state index contributed by atoms with van der Waals surface area (Å²) in [5.41, 5.74) is 0.508. The van der Waals surface area contributed by atoms with Crippen LogP contribution in [-0.2, 0) is 0 Å². The van der Waals surface area contributed by atoms with Gasteiger partial charge in [-0.3, -0.25) is 9.79 Å². The van der Waals surface area contributed by atoms with E-state index < -0.39 is 0 Å². The predicted molar refractivity (Wildman–Crippen MR) is 78.2 cm³/mol. The van der Waals surface area contributed by atoms with Gasteiger partial charge < -0.3 is 4.90 Å². The Kier molecular flexibility index (Phi) is 4.54. The highest BCUT2D eigenvalue weighted by Gasteiger charge is 2.20. The first-order valence-corrected chi connectivity index (χ1v) is 7.41. The van der Waals surface area contributed by atoms with Crippen LogP contribution in [0.3, 0.4) is 0 Å². The van der Waals surface area contributed by atoms with E-state index in [1.54, 1.807) is 30.0 Å². The predicted octanol–water partition coefficient (Wildman–Crippen LogP) is 3.21. The van der Waals surface area contributed by atoms with Crippen LogP contribution in [0.4, 0.5) is 0 Å². The maximum absolute atomic E-state index is 12.2. The Balaban J connectivity index is 2.10. The molecule has 1 aliphatic heterocycles. The topological polar surface area (TPSA) is 32.7 Å². The Morgan fingerprint density at radius 2 is 2.28 bits per heavy atom. The van der Waals surface area contributed by atoms with Gasteiger partial charge in [-0.25, -0.2) is 0 Å². The van der Waals surface area contributed by atoms with Gasteiger partial charge in [0.1, 0.15) is 0 Å². The Morgan fingerprint density at radius 1 is 1.50 bits per heavy atom. The number of thioether (sulfide) groups is 1. The third-order valence-corrected chi connectivity index (χ3v) is 3.94. The molecular weight excluding hydrogens is 291 g/mol. The van der Waals surface area contributed by atoms with Gasteiger partial charge in [-0.2, -0.15) is 0 Å². The van der Waals surface area contributed by atoms with Crippen molar-refractivity contribution in [2.75, 3.05) is 25.9 Å². The SMILES string of the molecule is CSC1=NCCN1CC(=O)c1ccc(Cl)cc1Cl. The molecule has 0 aromatic heterocycles. The average Bonchev–Trinajstić information content (AvgIpc) is 2.76. The lowest BCUT2D eigenvalue weighted by Gasteiger charge is -2.18. The minimum absolute atomic E-state index is 0.0136. The summed E-state index contributed by atoms with van der Waals surface area (Å²) in [7, 11) is 0. The van der Waals surface area contributed by atoms with Gasteiger partial charge in [-0.05, 0) is 24.5 Å². The van der Waals surface area contributed by atoms with Gasteiger partial charge in [0.25, 0.3) is 0 Å². The van der Waals surface area contributed by atoms with Crippen molar-refractivity contribution in [3.63, 3.8) is 0 Å². The van der Waals surface area contributed by atoms with Crippen molar-refractivity contribution in [3.8, 4) is 0 Å². The van der Waals surface area contributed by atoms with Crippen molar-refractivity contribution in [1.29, 1.82) is 0 Å². The van der Waals surface area contributed by atoms with Crippen LogP contribution < -0.4 is 0 Å². The van der Waals surface area contributed by atoms with Crippen molar-refractivity contribution >= 4 is 45.9 Å². The summed E-state index contributed by atoms with van der Waals surface area (Å²) in [6.45, 7) is 1.84. The zero-order valence-electron chi connectivity index (χ0n) is 9.82. The minimum Gasteiger partial charge on any atom is -0.342 e. The molecule has 0 unspecified atom stereocenters. The lowest BCUT2D eigenvalue weighted by atomic mass is 10.1. The summed E-state index contributed by atoms with van der Waals surface area (Å²) >= 11 is 13.4. The molecule has 0 saturated heterocycles. The molecule has 6 heteroatoms. The second-order valence-electron chi connectivity index (χ2n) is 3.84. The Hall–Kier alpha value is -0.710. The van der Waals surface area contributed by atoms with Gasteiger partial charge in [0.2, 0.25) is 0 Å². The van der Waals surface area contributed by atoms with Gasteiger partial charge in [0, 0.05) is 17.1 Å². The molecular formula is C12H12Cl2N2OS. The molecule has 0 fully saturated rings. The van der Waals surface area contributed by atoms with Gasteiger partial charge in [-0.15, -0.1) is 0 Å². The van der Waals surface area contributed by atoms with Crippen molar-refractivity contribution < 1.29 is 4.79 Å². The number of hydrogen-bond donors (Lipinski definition) is 0. The number of carbonyl (C=O) groups excluding carboxylic acids is 1. The Bertz CT molecular complexity index is 505. The van der Waals surface area contributed by atoms with Crippen LogP contribution in [0.25, 0.3) is 0 Å². The fourth-order valence-electron chi connectivity index (χ4n) is 1.78. The van der Waals surface area contributed by atoms with E-state index in [1.165, 1.54) is 0 Å². The zero-order valence-corrected chi connectivity index (χ0v) is 12.1. The lowest BCUT2D eigenvalue weighted by molar-refractivity contribution is 0.0967. The monoisotopic (exact) mass is 302 g/mol. The third kappa shape index (κ3) is 2.99. The van der Waals surface area contributed by atoms with Crippen LogP contribution >= 0.6 is 35.0 Å². The van der Waals surface area contributed by atoms with E-state index in [0.717, 1.165) is 18.3 Å². The zero-order chi connectivity index (χ0) is 13.1. The number of rotatable bonds is 3. The van der Waals surface area contributed by atoms with Crippen LogP contribution in [0.15, 0.2) is 23.2 Å². The fourth-order valence-corrected chi connectivity index (χ4v) is 2.92. The molecule has 0 atom stereocenters. The first-order valence-electron chi connectivity index (χ1n) is 5.43. The Morgan fingerprint density at radius 3 is 2.94 bits per heavy atom. The third-order valence-electron chi connectivity index (χ3n) is 2.64. The van der Waals surface area contributed by atoms with E-state index >= 15 is 0 Å². The van der Waals surface area contributed by atoms with Crippen molar-refractivity contribution in [2.45, 2.75) is 0 Å². The number of carbonyl (C=O) groups is 1. The molecule has 1 aromatic rings. The maximum Gasteiger partial charge on any atom is 0.183 e. The molecule has 96 valence electrons. The van der Waals surface area contributed by atoms with Crippen LogP contribution in [0.2, 0.25) is 10.0 Å². The van der Waals surface area contributed by atoms with Gasteiger partial charge >= 0.3 is 0 Å². The van der Waals surface area contributed by atoms with Gasteiger partial charge in [0.05, 0.1) is 18.1 Å². The summed E-state index contributed by atoms with van der Waals surface area (Å²) < 4.78 is 0. The lowest BCUT2D eigenvalue weighted by Crippen LogP contribution is -2.31. The highest BCUT2D eigenvalue weighted by Crippen LogP contribution is 2.22. The van der Waals surface area contributed by atoms with E-state index in [2.05, 4.69) is 4.99 Å². The van der Waals surface area contributed by atoms with Crippen molar-refractivity contribution in [1.82, 2.24) is 4.90 Å². The second kappa shape index (κ2) is 5.95. The molecule has 2 rings (SSSR count). The molecule has 1 aliphatic rings. The molecule has 0 spiro atoms. The summed E-state index contributed by atoms with van der Waals surface area (Å²) in [4.78, 5) is 18.4. The first-order chi connectivity index (χ1) is 8.61. The fraction of sp³-hybridized carbons (Fsp3) is 0.333. The van der Waals surface area contributed by atoms with Gasteiger partial charge in [-0.1, -0.05) is 35.0 Å². The van der Waals surface area contributed by atoms with E-state index in [4.69, 9.17) is 23.2 Å². The first kappa shape index (κ1) is 13.7. The van der Waals surface area contributed by atoms with Crippen LogP contribution in [0.5, 0.6) is 0 Å². The quantitative estimate of drug-likeness (QED) is 0.804. The second-order valence-corrected chi connectivity index (χ2v) is 5.45. The number of aliphatic imine (C=N–C) groups is 1. The highest BCUT2D eigenvalue weighted by atomic mass is 35.5. The van der Waals surface area contributed by atoms with Crippen LogP contribution in [0.1, 0.15) is 10.4 Å². The molecule has 18 heavy (non-hydrogen) atoms. The maximum atomic E-state index is 12.2. The van der Waals surface area contributed by atoms with Gasteiger partial charge in [0.15, 0.2) is 11.0 Å². The van der Waals surface area contributed by atoms with Crippen molar-refractivity contribution in [2.24, 2.45) is 4.99 Å². The van der Waals surface area contributed by atoms with E-state index in [-0.39, 0.29) is 5.78 Å². The molecule has 0 radical (unpaired) electrons. The number of halogens is 2. The number of ketones is 1. The highest BCUT2D eigenvalue weighted by molar-refractivity contribution is 8.13. The Labute approximate surface area is 120 Å². The number of amidine groups is 1. The van der Waals surface area contributed by atoms with Crippen molar-refractivity contribution in [3.05, 3.63) is 33.8 Å². The molecule has 1 heterocycles. The van der Waals surface area contributed by atoms with E-state index in [1.807, 2.05) is 11.2 Å². The normalized spacial score (nSPS) is 14.8. The summed E-state index contributed by atoms with van der Waals surface area (Å²) in [5, 5.41) is 1.84. The summed E-state index contributed by atoms with van der Waals surface area (Å²) in [6, 6.07) is 4.93. The summed E-state index contributed by atoms with van der Waals surface area (Å²) in [5.74, 6) is -0.0136. The molecule has 0 amide bonds. The molecule has 1 aromatic carbocycles. The molecule has 0 saturated carbocycles. The standard InChI is InChI=1S/C12H12Cl2N2OS/c1-18-12-15-4-5-16(12)7-11(17)9-3-2-8(13)6-10(9)14/h2-3,6H,4-5,7H2,1H3.